The minimum atomic E-state index is -0.322. The molecule has 0 atom stereocenters. The number of aromatic nitrogens is 2. The van der Waals surface area contributed by atoms with Gasteiger partial charge < -0.3 is 9.73 Å². The summed E-state index contributed by atoms with van der Waals surface area (Å²) in [6.07, 6.45) is 0.757. The van der Waals surface area contributed by atoms with Gasteiger partial charge in [0.05, 0.1) is 6.54 Å². The van der Waals surface area contributed by atoms with Crippen molar-refractivity contribution in [3.8, 4) is 0 Å². The number of nitrogens with one attached hydrogen (secondary N) is 1. The zero-order valence-electron chi connectivity index (χ0n) is 17.5. The standard InChI is InChI=1S/C24H22ClN3O3/c1-14(2)22-11-17-9-19(25)10-18(23(17)31-22)12-28-15(3)8-21(27-28)24(30)26-20-6-4-16(13-29)5-7-20/h4-11,13-14H,12H2,1-3H3,(H,26,30). The quantitative estimate of drug-likeness (QED) is 0.386. The van der Waals surface area contributed by atoms with E-state index in [1.54, 1.807) is 35.0 Å². The number of carbonyl (C=O) groups excluding carboxylic acids is 2. The summed E-state index contributed by atoms with van der Waals surface area (Å²) in [6.45, 7) is 6.48. The van der Waals surface area contributed by atoms with Crippen LogP contribution in [0.4, 0.5) is 5.69 Å². The number of fused-ring (bicyclic) bond motifs is 1. The number of benzene rings is 2. The predicted octanol–water partition coefficient (Wildman–Crippen LogP) is 5.83. The van der Waals surface area contributed by atoms with Crippen LogP contribution in [0.2, 0.25) is 5.02 Å². The molecule has 0 saturated carbocycles. The Labute approximate surface area is 184 Å². The number of rotatable bonds is 6. The van der Waals surface area contributed by atoms with Gasteiger partial charge in [0.15, 0.2) is 5.69 Å². The minimum Gasteiger partial charge on any atom is -0.460 e. The highest BCUT2D eigenvalue weighted by Gasteiger charge is 2.16. The number of aldehydes is 1. The maximum atomic E-state index is 12.6. The number of anilines is 1. The Balaban J connectivity index is 1.59. The maximum Gasteiger partial charge on any atom is 0.276 e. The summed E-state index contributed by atoms with van der Waals surface area (Å²) in [4.78, 5) is 23.4. The Morgan fingerprint density at radius 3 is 2.61 bits per heavy atom. The molecule has 4 aromatic rings. The smallest absolute Gasteiger partial charge is 0.276 e. The molecule has 7 heteroatoms. The van der Waals surface area contributed by atoms with Crippen molar-refractivity contribution in [1.29, 1.82) is 0 Å². The Morgan fingerprint density at radius 2 is 1.94 bits per heavy atom. The fourth-order valence-corrected chi connectivity index (χ4v) is 3.64. The van der Waals surface area contributed by atoms with Gasteiger partial charge in [0.1, 0.15) is 17.6 Å². The van der Waals surface area contributed by atoms with Crippen molar-refractivity contribution in [3.05, 3.63) is 81.8 Å². The first kappa shape index (κ1) is 20.9. The normalized spacial score (nSPS) is 11.3. The van der Waals surface area contributed by atoms with Crippen LogP contribution in [0.3, 0.4) is 0 Å². The SMILES string of the molecule is Cc1cc(C(=O)Nc2ccc(C=O)cc2)nn1Cc1cc(Cl)cc2cc(C(C)C)oc12. The number of furan rings is 1. The molecular weight excluding hydrogens is 414 g/mol. The van der Waals surface area contributed by atoms with E-state index in [2.05, 4.69) is 24.3 Å². The van der Waals surface area contributed by atoms with Crippen LogP contribution in [0.1, 0.15) is 57.6 Å². The van der Waals surface area contributed by atoms with Crippen molar-refractivity contribution in [1.82, 2.24) is 9.78 Å². The van der Waals surface area contributed by atoms with Gasteiger partial charge in [-0.2, -0.15) is 5.10 Å². The third-order valence-corrected chi connectivity index (χ3v) is 5.30. The van der Waals surface area contributed by atoms with Gasteiger partial charge in [-0.3, -0.25) is 14.3 Å². The number of nitrogens with zero attached hydrogens (tertiary/aromatic N) is 2. The molecule has 2 heterocycles. The molecule has 0 aliphatic carbocycles. The number of halogens is 1. The van der Waals surface area contributed by atoms with Gasteiger partial charge in [0, 0.05) is 38.8 Å². The Hall–Kier alpha value is -3.38. The highest BCUT2D eigenvalue weighted by Crippen LogP contribution is 2.31. The van der Waals surface area contributed by atoms with E-state index in [9.17, 15) is 9.59 Å². The summed E-state index contributed by atoms with van der Waals surface area (Å²) in [6, 6.07) is 14.2. The molecule has 2 aromatic heterocycles. The first-order valence-corrected chi connectivity index (χ1v) is 10.3. The summed E-state index contributed by atoms with van der Waals surface area (Å²) < 4.78 is 7.83. The van der Waals surface area contributed by atoms with Crippen molar-refractivity contribution in [2.75, 3.05) is 5.32 Å². The lowest BCUT2D eigenvalue weighted by molar-refractivity contribution is 0.102. The zero-order valence-corrected chi connectivity index (χ0v) is 18.2. The fourth-order valence-electron chi connectivity index (χ4n) is 3.39. The molecule has 2 aromatic carbocycles. The number of aryl methyl sites for hydroxylation is 1. The highest BCUT2D eigenvalue weighted by atomic mass is 35.5. The van der Waals surface area contributed by atoms with E-state index in [1.807, 2.05) is 25.1 Å². The number of carbonyl (C=O) groups is 2. The van der Waals surface area contributed by atoms with Gasteiger partial charge in [-0.1, -0.05) is 25.4 Å². The molecule has 0 aliphatic rings. The Morgan fingerprint density at radius 1 is 1.19 bits per heavy atom. The molecule has 0 unspecified atom stereocenters. The summed E-state index contributed by atoms with van der Waals surface area (Å²) in [5, 5.41) is 8.85. The van der Waals surface area contributed by atoms with E-state index in [0.29, 0.717) is 28.5 Å². The second-order valence-electron chi connectivity index (χ2n) is 7.81. The molecular formula is C24H22ClN3O3. The Kier molecular flexibility index (Phi) is 5.65. The van der Waals surface area contributed by atoms with E-state index in [1.165, 1.54) is 0 Å². The fraction of sp³-hybridized carbons (Fsp3) is 0.208. The topological polar surface area (TPSA) is 77.1 Å². The predicted molar refractivity (Wildman–Crippen MR) is 121 cm³/mol. The van der Waals surface area contributed by atoms with Crippen LogP contribution in [-0.2, 0) is 6.54 Å². The van der Waals surface area contributed by atoms with Crippen LogP contribution in [-0.4, -0.2) is 22.0 Å². The monoisotopic (exact) mass is 435 g/mol. The van der Waals surface area contributed by atoms with Crippen molar-refractivity contribution in [2.45, 2.75) is 33.2 Å². The van der Waals surface area contributed by atoms with E-state index in [0.717, 1.165) is 34.3 Å². The van der Waals surface area contributed by atoms with Crippen LogP contribution in [0.5, 0.6) is 0 Å². The Bertz CT molecular complexity index is 1270. The summed E-state index contributed by atoms with van der Waals surface area (Å²) in [7, 11) is 0. The third-order valence-electron chi connectivity index (χ3n) is 5.08. The van der Waals surface area contributed by atoms with Crippen molar-refractivity contribution in [2.24, 2.45) is 0 Å². The lowest BCUT2D eigenvalue weighted by Crippen LogP contribution is -2.13. The molecule has 0 radical (unpaired) electrons. The number of hydrogen-bond donors (Lipinski definition) is 1. The van der Waals surface area contributed by atoms with Crippen LogP contribution >= 0.6 is 11.6 Å². The molecule has 6 nitrogen and oxygen atoms in total. The van der Waals surface area contributed by atoms with Gasteiger partial charge in [-0.25, -0.2) is 0 Å². The lowest BCUT2D eigenvalue weighted by Gasteiger charge is -2.07. The molecule has 31 heavy (non-hydrogen) atoms. The lowest BCUT2D eigenvalue weighted by atomic mass is 10.1. The number of hydrogen-bond acceptors (Lipinski definition) is 4. The van der Waals surface area contributed by atoms with Crippen LogP contribution in [0, 0.1) is 6.92 Å². The van der Waals surface area contributed by atoms with E-state index in [4.69, 9.17) is 16.0 Å². The first-order valence-electron chi connectivity index (χ1n) is 9.97. The van der Waals surface area contributed by atoms with E-state index >= 15 is 0 Å². The van der Waals surface area contributed by atoms with Gasteiger partial charge >= 0.3 is 0 Å². The van der Waals surface area contributed by atoms with Crippen LogP contribution in [0.15, 0.2) is 52.9 Å². The minimum absolute atomic E-state index is 0.265. The first-order chi connectivity index (χ1) is 14.8. The highest BCUT2D eigenvalue weighted by molar-refractivity contribution is 6.31. The average Bonchev–Trinajstić information content (AvgIpc) is 3.32. The third kappa shape index (κ3) is 4.39. The van der Waals surface area contributed by atoms with E-state index in [-0.39, 0.29) is 11.8 Å². The average molecular weight is 436 g/mol. The summed E-state index contributed by atoms with van der Waals surface area (Å²) in [5.74, 6) is 0.842. The number of amides is 1. The summed E-state index contributed by atoms with van der Waals surface area (Å²) >= 11 is 6.33. The summed E-state index contributed by atoms with van der Waals surface area (Å²) in [5.41, 5.74) is 3.96. The van der Waals surface area contributed by atoms with E-state index < -0.39 is 0 Å². The molecule has 158 valence electrons. The largest absolute Gasteiger partial charge is 0.460 e. The van der Waals surface area contributed by atoms with Crippen molar-refractivity contribution in [3.63, 3.8) is 0 Å². The molecule has 0 saturated heterocycles. The molecule has 1 N–H and O–H groups in total. The zero-order chi connectivity index (χ0) is 22.1. The molecule has 1 amide bonds. The molecule has 0 aliphatic heterocycles. The second kappa shape index (κ2) is 8.40. The molecule has 0 bridgehead atoms. The van der Waals surface area contributed by atoms with Gasteiger partial charge in [-0.15, -0.1) is 0 Å². The second-order valence-corrected chi connectivity index (χ2v) is 8.25. The van der Waals surface area contributed by atoms with Gasteiger partial charge in [0.25, 0.3) is 5.91 Å². The molecule has 0 fully saturated rings. The van der Waals surface area contributed by atoms with Crippen LogP contribution in [0.25, 0.3) is 11.0 Å². The molecule has 4 rings (SSSR count). The molecule has 0 spiro atoms. The van der Waals surface area contributed by atoms with Crippen molar-refractivity contribution >= 4 is 40.5 Å². The maximum absolute atomic E-state index is 12.6. The van der Waals surface area contributed by atoms with Gasteiger partial charge in [0.2, 0.25) is 0 Å². The van der Waals surface area contributed by atoms with Crippen LogP contribution < -0.4 is 5.32 Å². The van der Waals surface area contributed by atoms with Gasteiger partial charge in [-0.05, 0) is 55.5 Å². The van der Waals surface area contributed by atoms with Crippen molar-refractivity contribution < 1.29 is 14.0 Å².